The lowest BCUT2D eigenvalue weighted by molar-refractivity contribution is 0.0690. The van der Waals surface area contributed by atoms with Gasteiger partial charge in [0, 0.05) is 11.8 Å². The van der Waals surface area contributed by atoms with Gasteiger partial charge in [0.2, 0.25) is 0 Å². The van der Waals surface area contributed by atoms with Crippen molar-refractivity contribution < 1.29 is 19.0 Å². The van der Waals surface area contributed by atoms with Crippen molar-refractivity contribution in [3.05, 3.63) is 42.1 Å². The van der Waals surface area contributed by atoms with E-state index in [1.807, 2.05) is 0 Å². The number of carboxylic acid groups (broad SMARTS) is 1. The maximum absolute atomic E-state index is 13.2. The quantitative estimate of drug-likeness (QED) is 0.878. The van der Waals surface area contributed by atoms with Gasteiger partial charge >= 0.3 is 5.97 Å². The molecule has 1 heterocycles. The Hall–Kier alpha value is -2.70. The highest BCUT2D eigenvalue weighted by molar-refractivity contribution is 5.85. The zero-order valence-electron chi connectivity index (χ0n) is 9.92. The number of nitrogens with one attached hydrogen (secondary N) is 1. The zero-order valence-corrected chi connectivity index (χ0v) is 9.92. The Kier molecular flexibility index (Phi) is 3.56. The second kappa shape index (κ2) is 5.30. The molecule has 2 rings (SSSR count). The number of aromatic nitrogens is 2. The van der Waals surface area contributed by atoms with Crippen LogP contribution in [0.1, 0.15) is 10.5 Å². The Balaban J connectivity index is 2.19. The average molecular weight is 263 g/mol. The fraction of sp³-hybridized carbons (Fsp3) is 0.0833. The monoisotopic (exact) mass is 263 g/mol. The number of aromatic carboxylic acids is 1. The van der Waals surface area contributed by atoms with E-state index in [1.54, 1.807) is 0 Å². The Bertz CT molecular complexity index is 602. The summed E-state index contributed by atoms with van der Waals surface area (Å²) in [5.41, 5.74) is 0.401. The molecule has 7 heteroatoms. The predicted octanol–water partition coefficient (Wildman–Crippen LogP) is 2.07. The van der Waals surface area contributed by atoms with Crippen LogP contribution in [0.25, 0.3) is 0 Å². The van der Waals surface area contributed by atoms with Gasteiger partial charge in [-0.3, -0.25) is 0 Å². The van der Waals surface area contributed by atoms with Gasteiger partial charge in [-0.2, -0.15) is 0 Å². The van der Waals surface area contributed by atoms with E-state index in [0.29, 0.717) is 11.5 Å². The van der Waals surface area contributed by atoms with E-state index in [9.17, 15) is 9.18 Å². The number of hydrogen-bond donors (Lipinski definition) is 2. The highest BCUT2D eigenvalue weighted by Gasteiger charge is 2.06. The molecule has 2 aromatic rings. The topological polar surface area (TPSA) is 84.3 Å². The first kappa shape index (κ1) is 12.7. The number of hydrogen-bond acceptors (Lipinski definition) is 5. The molecule has 0 amide bonds. The van der Waals surface area contributed by atoms with E-state index >= 15 is 0 Å². The van der Waals surface area contributed by atoms with Gasteiger partial charge in [0.15, 0.2) is 17.3 Å². The van der Waals surface area contributed by atoms with Crippen LogP contribution in [-0.2, 0) is 0 Å². The standard InChI is InChI=1S/C12H10FN3O3/c1-19-10-4-7(2-3-8(10)13)16-11-6-14-9(5-15-11)12(17)18/h2-6H,1H3,(H,15,16)(H,17,18). The predicted molar refractivity (Wildman–Crippen MR) is 65.2 cm³/mol. The number of nitrogens with zero attached hydrogens (tertiary/aromatic N) is 2. The molecule has 1 aromatic carbocycles. The molecule has 0 aliphatic carbocycles. The molecule has 0 aliphatic rings. The van der Waals surface area contributed by atoms with Gasteiger partial charge in [0.05, 0.1) is 19.5 Å². The summed E-state index contributed by atoms with van der Waals surface area (Å²) < 4.78 is 18.0. The smallest absolute Gasteiger partial charge is 0.356 e. The van der Waals surface area contributed by atoms with E-state index in [1.165, 1.54) is 31.5 Å². The molecule has 0 radical (unpaired) electrons. The molecule has 0 fully saturated rings. The molecule has 0 unspecified atom stereocenters. The van der Waals surface area contributed by atoms with Crippen molar-refractivity contribution in [3.8, 4) is 5.75 Å². The minimum atomic E-state index is -1.15. The number of benzene rings is 1. The largest absolute Gasteiger partial charge is 0.494 e. The van der Waals surface area contributed by atoms with Crippen molar-refractivity contribution in [2.75, 3.05) is 12.4 Å². The summed E-state index contributed by atoms with van der Waals surface area (Å²) in [6.07, 6.45) is 2.41. The first-order chi connectivity index (χ1) is 9.10. The molecule has 98 valence electrons. The van der Waals surface area contributed by atoms with Crippen molar-refractivity contribution in [3.63, 3.8) is 0 Å². The van der Waals surface area contributed by atoms with Crippen LogP contribution in [0.15, 0.2) is 30.6 Å². The van der Waals surface area contributed by atoms with Gasteiger partial charge in [-0.05, 0) is 12.1 Å². The van der Waals surface area contributed by atoms with E-state index in [-0.39, 0.29) is 11.4 Å². The highest BCUT2D eigenvalue weighted by atomic mass is 19.1. The fourth-order valence-electron chi connectivity index (χ4n) is 1.39. The van der Waals surface area contributed by atoms with E-state index in [2.05, 4.69) is 15.3 Å². The molecular formula is C12H10FN3O3. The SMILES string of the molecule is COc1cc(Nc2cnc(C(=O)O)cn2)ccc1F. The summed E-state index contributed by atoms with van der Waals surface area (Å²) in [4.78, 5) is 18.2. The lowest BCUT2D eigenvalue weighted by Gasteiger charge is -2.07. The van der Waals surface area contributed by atoms with E-state index in [0.717, 1.165) is 6.20 Å². The Morgan fingerprint density at radius 2 is 2.16 bits per heavy atom. The summed E-state index contributed by atoms with van der Waals surface area (Å²) in [6, 6.07) is 4.22. The molecule has 19 heavy (non-hydrogen) atoms. The molecule has 0 saturated carbocycles. The maximum Gasteiger partial charge on any atom is 0.356 e. The van der Waals surface area contributed by atoms with E-state index in [4.69, 9.17) is 9.84 Å². The number of ether oxygens (including phenoxy) is 1. The van der Waals surface area contributed by atoms with Crippen molar-refractivity contribution >= 4 is 17.5 Å². The number of halogens is 1. The molecule has 1 aromatic heterocycles. The summed E-state index contributed by atoms with van der Waals surface area (Å²) >= 11 is 0. The molecule has 0 aliphatic heterocycles. The van der Waals surface area contributed by atoms with Crippen LogP contribution in [0.5, 0.6) is 5.75 Å². The maximum atomic E-state index is 13.2. The third-order valence-corrected chi connectivity index (χ3v) is 2.29. The Labute approximate surface area is 107 Å². The summed E-state index contributed by atoms with van der Waals surface area (Å²) in [5.74, 6) is -1.18. The molecule has 0 spiro atoms. The van der Waals surface area contributed by atoms with Crippen LogP contribution >= 0.6 is 0 Å². The molecule has 6 nitrogen and oxygen atoms in total. The number of anilines is 2. The second-order valence-corrected chi connectivity index (χ2v) is 3.57. The van der Waals surface area contributed by atoms with Crippen molar-refractivity contribution in [2.45, 2.75) is 0 Å². The van der Waals surface area contributed by atoms with Crippen molar-refractivity contribution in [1.82, 2.24) is 9.97 Å². The van der Waals surface area contributed by atoms with Crippen LogP contribution in [0, 0.1) is 5.82 Å². The van der Waals surface area contributed by atoms with Crippen molar-refractivity contribution in [2.24, 2.45) is 0 Å². The van der Waals surface area contributed by atoms with Crippen LogP contribution in [0.4, 0.5) is 15.9 Å². The van der Waals surface area contributed by atoms with Crippen LogP contribution < -0.4 is 10.1 Å². The first-order valence-corrected chi connectivity index (χ1v) is 5.26. The number of rotatable bonds is 4. The molecule has 2 N–H and O–H groups in total. The zero-order chi connectivity index (χ0) is 13.8. The number of carboxylic acids is 1. The number of methoxy groups -OCH3 is 1. The third-order valence-electron chi connectivity index (χ3n) is 2.29. The summed E-state index contributed by atoms with van der Waals surface area (Å²) in [5, 5.41) is 11.5. The van der Waals surface area contributed by atoms with Gasteiger partial charge in [-0.15, -0.1) is 0 Å². The molecule has 0 saturated heterocycles. The Morgan fingerprint density at radius 3 is 2.74 bits per heavy atom. The fourth-order valence-corrected chi connectivity index (χ4v) is 1.39. The number of carbonyl (C=O) groups is 1. The van der Waals surface area contributed by atoms with Gasteiger partial charge in [0.25, 0.3) is 0 Å². The minimum Gasteiger partial charge on any atom is -0.494 e. The summed E-state index contributed by atoms with van der Waals surface area (Å²) in [7, 11) is 1.36. The van der Waals surface area contributed by atoms with Gasteiger partial charge in [-0.25, -0.2) is 19.2 Å². The highest BCUT2D eigenvalue weighted by Crippen LogP contribution is 2.23. The average Bonchev–Trinajstić information content (AvgIpc) is 2.41. The van der Waals surface area contributed by atoms with Gasteiger partial charge in [-0.1, -0.05) is 0 Å². The molecule has 0 atom stereocenters. The van der Waals surface area contributed by atoms with Gasteiger partial charge < -0.3 is 15.2 Å². The van der Waals surface area contributed by atoms with Crippen LogP contribution in [-0.4, -0.2) is 28.2 Å². The minimum absolute atomic E-state index is 0.0973. The molecular weight excluding hydrogens is 253 g/mol. The second-order valence-electron chi connectivity index (χ2n) is 3.57. The summed E-state index contributed by atoms with van der Waals surface area (Å²) in [6.45, 7) is 0. The first-order valence-electron chi connectivity index (χ1n) is 5.26. The van der Waals surface area contributed by atoms with E-state index < -0.39 is 11.8 Å². The normalized spacial score (nSPS) is 10.0. The Morgan fingerprint density at radius 1 is 1.37 bits per heavy atom. The third kappa shape index (κ3) is 2.95. The molecule has 0 bridgehead atoms. The lowest BCUT2D eigenvalue weighted by Crippen LogP contribution is -2.02. The van der Waals surface area contributed by atoms with Crippen LogP contribution in [0.3, 0.4) is 0 Å². The van der Waals surface area contributed by atoms with Crippen molar-refractivity contribution in [1.29, 1.82) is 0 Å². The van der Waals surface area contributed by atoms with Crippen LogP contribution in [0.2, 0.25) is 0 Å². The van der Waals surface area contributed by atoms with Gasteiger partial charge in [0.1, 0.15) is 5.82 Å². The lowest BCUT2D eigenvalue weighted by atomic mass is 10.3.